The Labute approximate surface area is 105 Å². The van der Waals surface area contributed by atoms with E-state index in [1.54, 1.807) is 6.92 Å². The molecule has 0 radical (unpaired) electrons. The molecule has 2 unspecified atom stereocenters. The van der Waals surface area contributed by atoms with Crippen molar-refractivity contribution in [3.63, 3.8) is 0 Å². The van der Waals surface area contributed by atoms with E-state index in [0.717, 1.165) is 11.1 Å². The van der Waals surface area contributed by atoms with Crippen molar-refractivity contribution in [1.29, 1.82) is 0 Å². The van der Waals surface area contributed by atoms with Gasteiger partial charge in [-0.15, -0.1) is 0 Å². The van der Waals surface area contributed by atoms with Gasteiger partial charge in [0.2, 0.25) is 0 Å². The highest BCUT2D eigenvalue weighted by Crippen LogP contribution is 2.27. The average Bonchev–Trinajstić information content (AvgIpc) is 2.24. The number of benzene rings is 1. The Balaban J connectivity index is 2.92. The number of hydrogen-bond acceptors (Lipinski definition) is 1. The van der Waals surface area contributed by atoms with Crippen molar-refractivity contribution in [3.8, 4) is 0 Å². The van der Waals surface area contributed by atoms with Gasteiger partial charge < -0.3 is 5.11 Å². The zero-order valence-corrected chi connectivity index (χ0v) is 11.6. The number of allylic oxidation sites excluding steroid dienone is 1. The maximum absolute atomic E-state index is 9.70. The summed E-state index contributed by atoms with van der Waals surface area (Å²) in [6.45, 7) is 10.7. The van der Waals surface area contributed by atoms with Crippen molar-refractivity contribution < 1.29 is 5.11 Å². The molecule has 94 valence electrons. The zero-order chi connectivity index (χ0) is 13.1. The molecule has 0 bridgehead atoms. The summed E-state index contributed by atoms with van der Waals surface area (Å²) in [5.74, 6) is 0.504. The molecule has 1 nitrogen and oxygen atoms in total. The van der Waals surface area contributed by atoms with Gasteiger partial charge in [-0.05, 0) is 29.4 Å². The lowest BCUT2D eigenvalue weighted by molar-refractivity contribution is 0.199. The summed E-state index contributed by atoms with van der Waals surface area (Å²) in [4.78, 5) is 0. The third-order valence-electron chi connectivity index (χ3n) is 3.38. The number of rotatable bonds is 3. The van der Waals surface area contributed by atoms with Crippen molar-refractivity contribution in [3.05, 3.63) is 41.5 Å². The van der Waals surface area contributed by atoms with Crippen LogP contribution in [0.15, 0.2) is 30.3 Å². The fourth-order valence-electron chi connectivity index (χ4n) is 1.58. The summed E-state index contributed by atoms with van der Waals surface area (Å²) in [6, 6.07) is 8.00. The molecule has 0 saturated heterocycles. The van der Waals surface area contributed by atoms with Gasteiger partial charge in [-0.2, -0.15) is 0 Å². The summed E-state index contributed by atoms with van der Waals surface area (Å²) in [6.07, 6.45) is 3.93. The Hall–Kier alpha value is -1.08. The lowest BCUT2D eigenvalue weighted by Gasteiger charge is -2.24. The molecule has 2 atom stereocenters. The van der Waals surface area contributed by atoms with Gasteiger partial charge in [-0.25, -0.2) is 0 Å². The molecule has 0 aliphatic heterocycles. The standard InChI is InChI=1S/C16H24O/c1-12(16(3,4)5)10-11-14-8-6-7-9-15(14)13(2)17/h6-13,17H,1-5H3/b11-10+. The van der Waals surface area contributed by atoms with E-state index < -0.39 is 6.10 Å². The number of aliphatic hydroxyl groups excluding tert-OH is 1. The predicted molar refractivity (Wildman–Crippen MR) is 74.7 cm³/mol. The van der Waals surface area contributed by atoms with Crippen LogP contribution in [0.5, 0.6) is 0 Å². The molecule has 0 saturated carbocycles. The van der Waals surface area contributed by atoms with E-state index in [4.69, 9.17) is 0 Å². The first kappa shape index (κ1) is 14.0. The molecule has 0 aliphatic carbocycles. The first-order chi connectivity index (χ1) is 7.82. The van der Waals surface area contributed by atoms with Crippen LogP contribution >= 0.6 is 0 Å². The van der Waals surface area contributed by atoms with Crippen LogP contribution < -0.4 is 0 Å². The van der Waals surface area contributed by atoms with Crippen LogP contribution in [-0.2, 0) is 0 Å². The van der Waals surface area contributed by atoms with Crippen molar-refractivity contribution in [1.82, 2.24) is 0 Å². The molecule has 1 heteroatoms. The molecular weight excluding hydrogens is 208 g/mol. The Morgan fingerprint density at radius 2 is 1.71 bits per heavy atom. The van der Waals surface area contributed by atoms with E-state index in [1.807, 2.05) is 24.3 Å². The van der Waals surface area contributed by atoms with E-state index in [1.165, 1.54) is 0 Å². The smallest absolute Gasteiger partial charge is 0.0767 e. The molecule has 1 N–H and O–H groups in total. The van der Waals surface area contributed by atoms with Crippen LogP contribution in [0.25, 0.3) is 6.08 Å². The Bertz CT molecular complexity index is 383. The quantitative estimate of drug-likeness (QED) is 0.817. The van der Waals surface area contributed by atoms with Crippen LogP contribution in [0, 0.1) is 11.3 Å². The molecule has 0 amide bonds. The lowest BCUT2D eigenvalue weighted by Crippen LogP contribution is -2.14. The van der Waals surface area contributed by atoms with Crippen molar-refractivity contribution in [2.75, 3.05) is 0 Å². The first-order valence-corrected chi connectivity index (χ1v) is 6.27. The highest BCUT2D eigenvalue weighted by molar-refractivity contribution is 5.54. The van der Waals surface area contributed by atoms with Crippen molar-refractivity contribution >= 4 is 6.08 Å². The minimum atomic E-state index is -0.416. The minimum Gasteiger partial charge on any atom is -0.389 e. The molecule has 0 spiro atoms. The first-order valence-electron chi connectivity index (χ1n) is 6.27. The van der Waals surface area contributed by atoms with Crippen molar-refractivity contribution in [2.45, 2.75) is 40.7 Å². The fourth-order valence-corrected chi connectivity index (χ4v) is 1.58. The van der Waals surface area contributed by atoms with Crippen molar-refractivity contribution in [2.24, 2.45) is 11.3 Å². The molecule has 0 aromatic heterocycles. The number of aliphatic hydroxyl groups is 1. The van der Waals surface area contributed by atoms with Gasteiger partial charge in [0.15, 0.2) is 0 Å². The second-order valence-corrected chi connectivity index (χ2v) is 5.82. The van der Waals surface area contributed by atoms with Crippen LogP contribution in [0.1, 0.15) is 51.8 Å². The molecule has 17 heavy (non-hydrogen) atoms. The molecule has 0 fully saturated rings. The molecule has 0 heterocycles. The third-order valence-corrected chi connectivity index (χ3v) is 3.38. The van der Waals surface area contributed by atoms with Crippen LogP contribution in [0.3, 0.4) is 0 Å². The third kappa shape index (κ3) is 4.01. The normalized spacial score (nSPS) is 16.1. The minimum absolute atomic E-state index is 0.274. The Morgan fingerprint density at radius 3 is 2.24 bits per heavy atom. The van der Waals surface area contributed by atoms with Crippen LogP contribution in [0.4, 0.5) is 0 Å². The maximum Gasteiger partial charge on any atom is 0.0767 e. The van der Waals surface area contributed by atoms with Gasteiger partial charge in [0.25, 0.3) is 0 Å². The van der Waals surface area contributed by atoms with Gasteiger partial charge in [0.1, 0.15) is 0 Å². The summed E-state index contributed by atoms with van der Waals surface area (Å²) < 4.78 is 0. The molecule has 1 aromatic rings. The van der Waals surface area contributed by atoms with Gasteiger partial charge >= 0.3 is 0 Å². The van der Waals surface area contributed by atoms with Crippen LogP contribution in [-0.4, -0.2) is 5.11 Å². The summed E-state index contributed by atoms with van der Waals surface area (Å²) in [7, 11) is 0. The zero-order valence-electron chi connectivity index (χ0n) is 11.6. The van der Waals surface area contributed by atoms with E-state index in [0.29, 0.717) is 5.92 Å². The highest BCUT2D eigenvalue weighted by atomic mass is 16.3. The van der Waals surface area contributed by atoms with Gasteiger partial charge in [0.05, 0.1) is 6.10 Å². The lowest BCUT2D eigenvalue weighted by atomic mass is 9.81. The Morgan fingerprint density at radius 1 is 1.12 bits per heavy atom. The summed E-state index contributed by atoms with van der Waals surface area (Å²) in [5.41, 5.74) is 2.37. The van der Waals surface area contributed by atoms with E-state index in [9.17, 15) is 5.11 Å². The fraction of sp³-hybridized carbons (Fsp3) is 0.500. The Kier molecular flexibility index (Phi) is 4.53. The molecule has 1 rings (SSSR count). The summed E-state index contributed by atoms with van der Waals surface area (Å²) in [5, 5.41) is 9.70. The average molecular weight is 232 g/mol. The molecular formula is C16H24O. The van der Waals surface area contributed by atoms with E-state index in [-0.39, 0.29) is 5.41 Å². The van der Waals surface area contributed by atoms with Gasteiger partial charge in [-0.1, -0.05) is 64.1 Å². The second kappa shape index (κ2) is 5.50. The second-order valence-electron chi connectivity index (χ2n) is 5.82. The topological polar surface area (TPSA) is 20.2 Å². The maximum atomic E-state index is 9.70. The largest absolute Gasteiger partial charge is 0.389 e. The summed E-state index contributed by atoms with van der Waals surface area (Å²) >= 11 is 0. The van der Waals surface area contributed by atoms with Gasteiger partial charge in [0, 0.05) is 0 Å². The molecule has 1 aromatic carbocycles. The monoisotopic (exact) mass is 232 g/mol. The van der Waals surface area contributed by atoms with Crippen LogP contribution in [0.2, 0.25) is 0 Å². The van der Waals surface area contributed by atoms with E-state index in [2.05, 4.69) is 39.8 Å². The van der Waals surface area contributed by atoms with E-state index >= 15 is 0 Å². The predicted octanol–water partition coefficient (Wildman–Crippen LogP) is 4.44. The SMILES string of the molecule is CC(O)c1ccccc1/C=C/C(C)C(C)(C)C. The number of hydrogen-bond donors (Lipinski definition) is 1. The molecule has 0 aliphatic rings. The van der Waals surface area contributed by atoms with Gasteiger partial charge in [-0.3, -0.25) is 0 Å². The highest BCUT2D eigenvalue weighted by Gasteiger charge is 2.17.